The van der Waals surface area contributed by atoms with Crippen LogP contribution < -0.4 is 10.2 Å². The van der Waals surface area contributed by atoms with Crippen LogP contribution in [0.1, 0.15) is 18.4 Å². The van der Waals surface area contributed by atoms with Gasteiger partial charge in [-0.1, -0.05) is 42.5 Å². The Morgan fingerprint density at radius 2 is 1.76 bits per heavy atom. The van der Waals surface area contributed by atoms with E-state index < -0.39 is 0 Å². The van der Waals surface area contributed by atoms with Gasteiger partial charge in [0.25, 0.3) is 0 Å². The van der Waals surface area contributed by atoms with Crippen molar-refractivity contribution in [2.24, 2.45) is 5.92 Å². The lowest BCUT2D eigenvalue weighted by molar-refractivity contribution is -0.125. The van der Waals surface area contributed by atoms with Crippen molar-refractivity contribution >= 4 is 11.7 Å². The molecule has 1 N–H and O–H groups in total. The van der Waals surface area contributed by atoms with Gasteiger partial charge in [0.05, 0.1) is 5.69 Å². The average Bonchev–Trinajstić information content (AvgIpc) is 2.79. The second-order valence-corrected chi connectivity index (χ2v) is 7.23. The minimum absolute atomic E-state index is 0.0119. The van der Waals surface area contributed by atoms with Crippen molar-refractivity contribution in [2.45, 2.75) is 19.4 Å². The first-order chi connectivity index (χ1) is 14.2. The zero-order valence-corrected chi connectivity index (χ0v) is 16.1. The molecule has 0 spiro atoms. The Bertz CT molecular complexity index is 954. The molecule has 0 unspecified atom stereocenters. The van der Waals surface area contributed by atoms with Gasteiger partial charge in [0.2, 0.25) is 5.91 Å². The van der Waals surface area contributed by atoms with Crippen LogP contribution in [0, 0.1) is 11.7 Å². The van der Waals surface area contributed by atoms with Gasteiger partial charge in [0.1, 0.15) is 18.0 Å². The number of benzene rings is 2. The summed E-state index contributed by atoms with van der Waals surface area (Å²) in [7, 11) is 0. The van der Waals surface area contributed by atoms with Crippen LogP contribution >= 0.6 is 0 Å². The third-order valence-electron chi connectivity index (χ3n) is 5.29. The van der Waals surface area contributed by atoms with Crippen LogP contribution in [0.15, 0.2) is 67.0 Å². The van der Waals surface area contributed by atoms with E-state index in [1.54, 1.807) is 18.5 Å². The molecule has 1 amide bonds. The maximum atomic E-state index is 13.0. The molecular formula is C23H23FN4O. The molecule has 148 valence electrons. The van der Waals surface area contributed by atoms with Gasteiger partial charge in [-0.15, -0.1) is 0 Å². The maximum absolute atomic E-state index is 13.0. The van der Waals surface area contributed by atoms with E-state index in [2.05, 4.69) is 20.2 Å². The van der Waals surface area contributed by atoms with Gasteiger partial charge >= 0.3 is 0 Å². The Labute approximate surface area is 169 Å². The number of hydrogen-bond acceptors (Lipinski definition) is 4. The summed E-state index contributed by atoms with van der Waals surface area (Å²) in [6.45, 7) is 1.98. The molecule has 5 nitrogen and oxygen atoms in total. The molecule has 29 heavy (non-hydrogen) atoms. The van der Waals surface area contributed by atoms with Crippen molar-refractivity contribution in [3.8, 4) is 11.3 Å². The monoisotopic (exact) mass is 390 g/mol. The molecular weight excluding hydrogens is 367 g/mol. The van der Waals surface area contributed by atoms with E-state index in [4.69, 9.17) is 0 Å². The first-order valence-electron chi connectivity index (χ1n) is 9.83. The minimum Gasteiger partial charge on any atom is -0.356 e. The molecule has 0 aliphatic carbocycles. The topological polar surface area (TPSA) is 58.1 Å². The summed E-state index contributed by atoms with van der Waals surface area (Å²) < 4.78 is 13.0. The molecule has 0 radical (unpaired) electrons. The number of anilines is 1. The normalized spacial score (nSPS) is 14.6. The van der Waals surface area contributed by atoms with Gasteiger partial charge in [0.15, 0.2) is 0 Å². The average molecular weight is 390 g/mol. The van der Waals surface area contributed by atoms with E-state index in [0.29, 0.717) is 6.54 Å². The fraction of sp³-hybridized carbons (Fsp3) is 0.261. The van der Waals surface area contributed by atoms with Crippen LogP contribution in [0.5, 0.6) is 0 Å². The maximum Gasteiger partial charge on any atom is 0.223 e. The third-order valence-corrected chi connectivity index (χ3v) is 5.29. The molecule has 2 heterocycles. The van der Waals surface area contributed by atoms with Crippen LogP contribution in [0.3, 0.4) is 0 Å². The summed E-state index contributed by atoms with van der Waals surface area (Å²) in [6.07, 6.45) is 3.15. The van der Waals surface area contributed by atoms with E-state index in [-0.39, 0.29) is 17.6 Å². The van der Waals surface area contributed by atoms with Gasteiger partial charge in [-0.25, -0.2) is 14.4 Å². The number of carbonyl (C=O) groups is 1. The summed E-state index contributed by atoms with van der Waals surface area (Å²) in [5.74, 6) is 0.667. The third kappa shape index (κ3) is 4.77. The number of halogens is 1. The van der Waals surface area contributed by atoms with Crippen molar-refractivity contribution in [3.05, 3.63) is 78.4 Å². The number of rotatable bonds is 5. The smallest absolute Gasteiger partial charge is 0.223 e. The highest BCUT2D eigenvalue weighted by molar-refractivity contribution is 5.79. The molecule has 2 aromatic carbocycles. The number of nitrogens with zero attached hydrogens (tertiary/aromatic N) is 3. The van der Waals surface area contributed by atoms with Gasteiger partial charge in [0, 0.05) is 37.2 Å². The van der Waals surface area contributed by atoms with E-state index in [1.165, 1.54) is 12.1 Å². The molecule has 3 aromatic rings. The Morgan fingerprint density at radius 3 is 2.48 bits per heavy atom. The summed E-state index contributed by atoms with van der Waals surface area (Å²) in [6, 6.07) is 18.2. The summed E-state index contributed by atoms with van der Waals surface area (Å²) in [5, 5.41) is 2.97. The lowest BCUT2D eigenvalue weighted by Gasteiger charge is -2.32. The number of aromatic nitrogens is 2. The van der Waals surface area contributed by atoms with Gasteiger partial charge in [-0.3, -0.25) is 4.79 Å². The second kappa shape index (κ2) is 8.82. The molecule has 0 atom stereocenters. The fourth-order valence-electron chi connectivity index (χ4n) is 3.59. The molecule has 0 saturated carbocycles. The predicted octanol–water partition coefficient (Wildman–Crippen LogP) is 3.82. The van der Waals surface area contributed by atoms with E-state index >= 15 is 0 Å². The van der Waals surface area contributed by atoms with Crippen LogP contribution in [0.4, 0.5) is 10.2 Å². The molecule has 1 fully saturated rings. The molecule has 1 aromatic heterocycles. The molecule has 4 rings (SSSR count). The SMILES string of the molecule is O=C(NCc1ccc(F)cc1)C1CCN(c2cc(-c3ccccc3)ncn2)CC1. The van der Waals surface area contributed by atoms with Crippen molar-refractivity contribution in [3.63, 3.8) is 0 Å². The number of amides is 1. The Kier molecular flexibility index (Phi) is 5.79. The van der Waals surface area contributed by atoms with Crippen molar-refractivity contribution in [1.29, 1.82) is 0 Å². The van der Waals surface area contributed by atoms with E-state index in [1.807, 2.05) is 36.4 Å². The highest BCUT2D eigenvalue weighted by Gasteiger charge is 2.25. The van der Waals surface area contributed by atoms with Crippen LogP contribution in [-0.4, -0.2) is 29.0 Å². The minimum atomic E-state index is -0.271. The van der Waals surface area contributed by atoms with Crippen molar-refractivity contribution in [2.75, 3.05) is 18.0 Å². The van der Waals surface area contributed by atoms with Crippen LogP contribution in [-0.2, 0) is 11.3 Å². The van der Waals surface area contributed by atoms with Crippen LogP contribution in [0.25, 0.3) is 11.3 Å². The second-order valence-electron chi connectivity index (χ2n) is 7.23. The highest BCUT2D eigenvalue weighted by atomic mass is 19.1. The van der Waals surface area contributed by atoms with Crippen LogP contribution in [0.2, 0.25) is 0 Å². The quantitative estimate of drug-likeness (QED) is 0.720. The Morgan fingerprint density at radius 1 is 1.03 bits per heavy atom. The largest absolute Gasteiger partial charge is 0.356 e. The number of carbonyl (C=O) groups excluding carboxylic acids is 1. The number of nitrogens with one attached hydrogen (secondary N) is 1. The molecule has 1 saturated heterocycles. The zero-order chi connectivity index (χ0) is 20.1. The fourth-order valence-corrected chi connectivity index (χ4v) is 3.59. The van der Waals surface area contributed by atoms with Gasteiger partial charge in [-0.2, -0.15) is 0 Å². The number of hydrogen-bond donors (Lipinski definition) is 1. The predicted molar refractivity (Wildman–Crippen MR) is 111 cm³/mol. The molecule has 6 heteroatoms. The lowest BCUT2D eigenvalue weighted by atomic mass is 9.95. The Balaban J connectivity index is 1.32. The summed E-state index contributed by atoms with van der Waals surface area (Å²) in [5.41, 5.74) is 2.85. The summed E-state index contributed by atoms with van der Waals surface area (Å²) >= 11 is 0. The van der Waals surface area contributed by atoms with Gasteiger partial charge in [-0.05, 0) is 30.5 Å². The molecule has 1 aliphatic heterocycles. The molecule has 1 aliphatic rings. The first-order valence-corrected chi connectivity index (χ1v) is 9.83. The number of piperidine rings is 1. The highest BCUT2D eigenvalue weighted by Crippen LogP contribution is 2.25. The lowest BCUT2D eigenvalue weighted by Crippen LogP contribution is -2.40. The zero-order valence-electron chi connectivity index (χ0n) is 16.1. The molecule has 0 bridgehead atoms. The first kappa shape index (κ1) is 19.1. The van der Waals surface area contributed by atoms with E-state index in [9.17, 15) is 9.18 Å². The van der Waals surface area contributed by atoms with E-state index in [0.717, 1.165) is 48.6 Å². The Hall–Kier alpha value is -3.28. The van der Waals surface area contributed by atoms with Gasteiger partial charge < -0.3 is 10.2 Å². The summed E-state index contributed by atoms with van der Waals surface area (Å²) in [4.78, 5) is 23.5. The van der Waals surface area contributed by atoms with Crippen molar-refractivity contribution < 1.29 is 9.18 Å². The van der Waals surface area contributed by atoms with Crippen molar-refractivity contribution in [1.82, 2.24) is 15.3 Å². The standard InChI is InChI=1S/C23H23FN4O/c24-20-8-6-17(7-9-20)15-25-23(29)19-10-12-28(13-11-19)22-14-21(26-16-27-22)18-4-2-1-3-5-18/h1-9,14,16,19H,10-13,15H2,(H,25,29).